The third kappa shape index (κ3) is 15.7. The highest BCUT2D eigenvalue weighted by molar-refractivity contribution is 6.09. The monoisotopic (exact) mass is 528 g/mol. The molecule has 0 amide bonds. The Balaban J connectivity index is 0. The number of rotatable bonds is 6. The second-order valence-corrected chi connectivity index (χ2v) is 8.53. The zero-order valence-electron chi connectivity index (χ0n) is 24.7. The van der Waals surface area contributed by atoms with Gasteiger partial charge in [0.05, 0.1) is 12.0 Å². The van der Waals surface area contributed by atoms with Gasteiger partial charge in [-0.25, -0.2) is 0 Å². The van der Waals surface area contributed by atoms with Gasteiger partial charge in [0.15, 0.2) is 0 Å². The molecule has 0 aromatic heterocycles. The predicted octanol–water partition coefficient (Wildman–Crippen LogP) is 7.52. The van der Waals surface area contributed by atoms with E-state index in [2.05, 4.69) is 74.9 Å². The molecule has 0 aromatic carbocycles. The normalized spacial score (nSPS) is 16.7. The van der Waals surface area contributed by atoms with E-state index in [1.807, 2.05) is 55.4 Å². The van der Waals surface area contributed by atoms with Crippen molar-refractivity contribution in [3.63, 3.8) is 0 Å². The van der Waals surface area contributed by atoms with Gasteiger partial charge < -0.3 is 10.5 Å². The van der Waals surface area contributed by atoms with Gasteiger partial charge >= 0.3 is 0 Å². The lowest BCUT2D eigenvalue weighted by Gasteiger charge is -2.38. The lowest BCUT2D eigenvalue weighted by atomic mass is 9.73. The van der Waals surface area contributed by atoms with Crippen LogP contribution in [0, 0.1) is 30.6 Å². The maximum absolute atomic E-state index is 5.89. The maximum Gasteiger partial charge on any atom is 0.131 e. The first-order chi connectivity index (χ1) is 18.7. The van der Waals surface area contributed by atoms with E-state index in [-0.39, 0.29) is 11.5 Å². The van der Waals surface area contributed by atoms with Gasteiger partial charge in [0, 0.05) is 29.4 Å². The SMILES string of the molecule is C#C.C=CC#CC.C=CC(=C)C1(N)CCC1.C=CC(C)C1=CN(/N=C\C)CN=C1/C=C/C.CC1=CCOC=C1. The Bertz CT molecular complexity index is 1030. The lowest BCUT2D eigenvalue weighted by molar-refractivity contribution is 0.284. The Morgan fingerprint density at radius 1 is 1.28 bits per heavy atom. The van der Waals surface area contributed by atoms with Crippen molar-refractivity contribution in [2.24, 2.45) is 21.7 Å². The molecular formula is C34H48N4O. The fourth-order valence-corrected chi connectivity index (χ4v) is 3.15. The molecule has 2 N–H and O–H groups in total. The Morgan fingerprint density at radius 2 is 1.95 bits per heavy atom. The summed E-state index contributed by atoms with van der Waals surface area (Å²) in [7, 11) is 0. The van der Waals surface area contributed by atoms with Crippen LogP contribution in [-0.2, 0) is 4.74 Å². The molecule has 1 unspecified atom stereocenters. The summed E-state index contributed by atoms with van der Waals surface area (Å²) in [6.07, 6.45) is 30.2. The van der Waals surface area contributed by atoms with Crippen LogP contribution < -0.4 is 5.73 Å². The third-order valence-electron chi connectivity index (χ3n) is 5.71. The van der Waals surface area contributed by atoms with Crippen molar-refractivity contribution >= 4 is 11.9 Å². The van der Waals surface area contributed by atoms with E-state index in [0.29, 0.717) is 6.67 Å². The molecule has 0 spiro atoms. The van der Waals surface area contributed by atoms with E-state index in [9.17, 15) is 0 Å². The Hall–Kier alpha value is -4.06. The molecule has 2 aliphatic heterocycles. The number of terminal acetylenes is 1. The summed E-state index contributed by atoms with van der Waals surface area (Å²) in [6, 6.07) is 0. The van der Waals surface area contributed by atoms with Crippen LogP contribution in [0.3, 0.4) is 0 Å². The number of allylic oxidation sites excluding steroid dienone is 7. The van der Waals surface area contributed by atoms with Crippen molar-refractivity contribution in [3.05, 3.63) is 98.0 Å². The van der Waals surface area contributed by atoms with Crippen LogP contribution in [0.15, 0.2) is 108 Å². The molecule has 5 nitrogen and oxygen atoms in total. The molecular weight excluding hydrogens is 480 g/mol. The molecule has 2 heterocycles. The van der Waals surface area contributed by atoms with Crippen LogP contribution >= 0.6 is 0 Å². The molecule has 39 heavy (non-hydrogen) atoms. The summed E-state index contributed by atoms with van der Waals surface area (Å²) < 4.78 is 4.88. The van der Waals surface area contributed by atoms with E-state index in [1.165, 1.54) is 12.0 Å². The van der Waals surface area contributed by atoms with Crippen molar-refractivity contribution in [2.75, 3.05) is 13.3 Å². The van der Waals surface area contributed by atoms with E-state index in [0.717, 1.165) is 36.3 Å². The number of nitrogens with zero attached hydrogens (tertiary/aromatic N) is 3. The molecule has 0 saturated heterocycles. The van der Waals surface area contributed by atoms with Crippen molar-refractivity contribution in [1.82, 2.24) is 5.01 Å². The standard InChI is InChI=1S/C13H19N3.C8H13N.C6H8O.C5H6.C2H2/c1-5-8-13-12(11(4)6-2)9-16(10-14-13)15-7-3;1-3-7(2)8(9)5-4-6-8;1-6-2-4-7-5-3-6;1-3-5-4-2;1-2/h5-9,11H,2,10H2,1,3-4H3;3H,1-2,4-6,9H2;2-4H,5H2,1H3;3H,1H2,2H3;1-2H/b8-5+,15-7-;;;;. The number of aliphatic imine (C=N–C) groups is 1. The largest absolute Gasteiger partial charge is 0.497 e. The van der Waals surface area contributed by atoms with Crippen LogP contribution in [0.4, 0.5) is 0 Å². The maximum atomic E-state index is 5.89. The van der Waals surface area contributed by atoms with Gasteiger partial charge in [-0.15, -0.1) is 25.3 Å². The Kier molecular flexibility index (Phi) is 22.0. The average molecular weight is 529 g/mol. The summed E-state index contributed by atoms with van der Waals surface area (Å²) in [5.74, 6) is 5.56. The molecule has 1 aliphatic carbocycles. The number of hydrogen-bond acceptors (Lipinski definition) is 5. The predicted molar refractivity (Wildman–Crippen MR) is 173 cm³/mol. The van der Waals surface area contributed by atoms with Gasteiger partial charge in [-0.1, -0.05) is 50.8 Å². The highest BCUT2D eigenvalue weighted by Crippen LogP contribution is 2.34. The van der Waals surface area contributed by atoms with E-state index in [4.69, 9.17) is 10.5 Å². The first-order valence-corrected chi connectivity index (χ1v) is 12.9. The molecule has 0 bridgehead atoms. The summed E-state index contributed by atoms with van der Waals surface area (Å²) in [5.41, 5.74) is 10.3. The van der Waals surface area contributed by atoms with E-state index in [1.54, 1.807) is 31.6 Å². The van der Waals surface area contributed by atoms with Gasteiger partial charge in [-0.3, -0.25) is 10.0 Å². The van der Waals surface area contributed by atoms with Crippen LogP contribution in [0.25, 0.3) is 0 Å². The fourth-order valence-electron chi connectivity index (χ4n) is 3.15. The smallest absolute Gasteiger partial charge is 0.131 e. The minimum Gasteiger partial charge on any atom is -0.497 e. The zero-order chi connectivity index (χ0) is 30.1. The van der Waals surface area contributed by atoms with E-state index < -0.39 is 0 Å². The zero-order valence-corrected chi connectivity index (χ0v) is 24.7. The van der Waals surface area contributed by atoms with Crippen LogP contribution in [0.5, 0.6) is 0 Å². The molecule has 210 valence electrons. The Labute approximate surface area is 238 Å². The first-order valence-electron chi connectivity index (χ1n) is 12.9. The molecule has 0 aromatic rings. The molecule has 1 fully saturated rings. The Morgan fingerprint density at radius 3 is 2.26 bits per heavy atom. The topological polar surface area (TPSA) is 63.2 Å². The number of nitrogens with two attached hydrogens (primary N) is 1. The minimum atomic E-state index is -0.0816. The number of ether oxygens (including phenoxy) is 1. The van der Waals surface area contributed by atoms with Gasteiger partial charge in [0.1, 0.15) is 13.3 Å². The quantitative estimate of drug-likeness (QED) is 0.168. The van der Waals surface area contributed by atoms with Crippen molar-refractivity contribution in [2.45, 2.75) is 59.4 Å². The molecule has 5 heteroatoms. The van der Waals surface area contributed by atoms with Gasteiger partial charge in [0.25, 0.3) is 0 Å². The molecule has 1 saturated carbocycles. The molecule has 0 radical (unpaired) electrons. The summed E-state index contributed by atoms with van der Waals surface area (Å²) in [4.78, 5) is 4.50. The van der Waals surface area contributed by atoms with Crippen LogP contribution in [-0.4, -0.2) is 35.7 Å². The van der Waals surface area contributed by atoms with Crippen molar-refractivity contribution in [3.8, 4) is 24.7 Å². The van der Waals surface area contributed by atoms with Crippen molar-refractivity contribution in [1.29, 1.82) is 0 Å². The minimum absolute atomic E-state index is 0.0816. The number of hydrogen-bond donors (Lipinski definition) is 1. The van der Waals surface area contributed by atoms with Gasteiger partial charge in [-0.2, -0.15) is 5.10 Å². The lowest BCUT2D eigenvalue weighted by Crippen LogP contribution is -2.47. The summed E-state index contributed by atoms with van der Waals surface area (Å²) in [5, 5.41) is 6.05. The highest BCUT2D eigenvalue weighted by atomic mass is 16.5. The van der Waals surface area contributed by atoms with Gasteiger partial charge in [-0.05, 0) is 82.4 Å². The molecule has 3 aliphatic rings. The molecule has 3 rings (SSSR count). The first kappa shape index (κ1) is 37.1. The third-order valence-corrected chi connectivity index (χ3v) is 5.71. The fraction of sp³-hybridized carbons (Fsp3) is 0.353. The van der Waals surface area contributed by atoms with E-state index >= 15 is 0 Å². The molecule has 1 atom stereocenters. The summed E-state index contributed by atoms with van der Waals surface area (Å²) >= 11 is 0. The highest BCUT2D eigenvalue weighted by Gasteiger charge is 2.33. The van der Waals surface area contributed by atoms with Crippen molar-refractivity contribution < 1.29 is 4.74 Å². The van der Waals surface area contributed by atoms with Gasteiger partial charge in [0.2, 0.25) is 0 Å². The second kappa shape index (κ2) is 23.1. The van der Waals surface area contributed by atoms with Crippen LogP contribution in [0.1, 0.15) is 53.9 Å². The second-order valence-electron chi connectivity index (χ2n) is 8.53. The summed E-state index contributed by atoms with van der Waals surface area (Å²) in [6.45, 7) is 25.8. The number of hydrazone groups is 1. The van der Waals surface area contributed by atoms with Crippen LogP contribution in [0.2, 0.25) is 0 Å². The average Bonchev–Trinajstić information content (AvgIpc) is 2.95.